The predicted octanol–water partition coefficient (Wildman–Crippen LogP) is 4.20. The maximum Gasteiger partial charge on any atom is 0.407 e. The summed E-state index contributed by atoms with van der Waals surface area (Å²) in [5.41, 5.74) is 10.4. The van der Waals surface area contributed by atoms with Crippen molar-refractivity contribution >= 4 is 23.4 Å². The van der Waals surface area contributed by atoms with Crippen LogP contribution in [0.2, 0.25) is 0 Å². The number of hydrogen-bond acceptors (Lipinski definition) is 6. The molecule has 0 saturated heterocycles. The normalized spacial score (nSPS) is 18.3. The second kappa shape index (κ2) is 10.8. The molecule has 5 N–H and O–H groups in total. The molecule has 2 aliphatic rings. The molecule has 0 radical (unpaired) electrons. The van der Waals surface area contributed by atoms with Gasteiger partial charge in [-0.15, -0.1) is 0 Å². The number of benzene rings is 2. The SMILES string of the molecule is Nc1ccccc1NC(=O)c1ccc(CNC(=O)OCc2cncc([C@H]3CC3NCC3CC3)c2)cc1. The van der Waals surface area contributed by atoms with E-state index in [1.165, 1.54) is 18.4 Å². The van der Waals surface area contributed by atoms with Crippen LogP contribution in [0.4, 0.5) is 16.2 Å². The molecule has 0 spiro atoms. The lowest BCUT2D eigenvalue weighted by Crippen LogP contribution is -2.23. The number of nitrogen functional groups attached to an aromatic ring is 1. The van der Waals surface area contributed by atoms with Crippen LogP contribution in [-0.2, 0) is 17.9 Å². The van der Waals surface area contributed by atoms with Gasteiger partial charge in [-0.3, -0.25) is 9.78 Å². The molecule has 1 aromatic heterocycles. The highest BCUT2D eigenvalue weighted by molar-refractivity contribution is 6.05. The number of nitrogens with zero attached hydrogens (tertiary/aromatic N) is 1. The number of pyridine rings is 1. The Labute approximate surface area is 210 Å². The van der Waals surface area contributed by atoms with Crippen LogP contribution in [-0.4, -0.2) is 29.6 Å². The topological polar surface area (TPSA) is 118 Å². The van der Waals surface area contributed by atoms with Crippen LogP contribution in [0.1, 0.15) is 52.2 Å². The zero-order valence-electron chi connectivity index (χ0n) is 20.1. The van der Waals surface area contributed by atoms with Crippen LogP contribution in [0.5, 0.6) is 0 Å². The molecule has 2 atom stereocenters. The van der Waals surface area contributed by atoms with Gasteiger partial charge in [-0.1, -0.05) is 24.3 Å². The molecule has 2 aliphatic carbocycles. The summed E-state index contributed by atoms with van der Waals surface area (Å²) in [4.78, 5) is 29.0. The van der Waals surface area contributed by atoms with Gasteiger partial charge in [0.1, 0.15) is 6.61 Å². The van der Waals surface area contributed by atoms with Crippen molar-refractivity contribution in [3.05, 3.63) is 89.2 Å². The highest BCUT2D eigenvalue weighted by Crippen LogP contribution is 2.41. The molecule has 0 bridgehead atoms. The minimum Gasteiger partial charge on any atom is -0.445 e. The molecule has 8 heteroatoms. The van der Waals surface area contributed by atoms with Crippen molar-refractivity contribution in [1.29, 1.82) is 0 Å². The third kappa shape index (κ3) is 6.40. The Bertz CT molecular complexity index is 1230. The van der Waals surface area contributed by atoms with E-state index >= 15 is 0 Å². The van der Waals surface area contributed by atoms with Crippen molar-refractivity contribution in [2.75, 3.05) is 17.6 Å². The van der Waals surface area contributed by atoms with Gasteiger partial charge < -0.3 is 26.4 Å². The highest BCUT2D eigenvalue weighted by atomic mass is 16.5. The second-order valence-electron chi connectivity index (χ2n) is 9.59. The summed E-state index contributed by atoms with van der Waals surface area (Å²) in [5, 5.41) is 9.18. The molecule has 8 nitrogen and oxygen atoms in total. The van der Waals surface area contributed by atoms with Crippen molar-refractivity contribution in [2.45, 2.75) is 44.4 Å². The number of para-hydroxylation sites is 2. The van der Waals surface area contributed by atoms with Crippen LogP contribution < -0.4 is 21.7 Å². The number of nitrogens with one attached hydrogen (secondary N) is 3. The van der Waals surface area contributed by atoms with Crippen molar-refractivity contribution < 1.29 is 14.3 Å². The fourth-order valence-corrected chi connectivity index (χ4v) is 4.17. The maximum absolute atomic E-state index is 12.4. The van der Waals surface area contributed by atoms with E-state index in [0.717, 1.165) is 30.0 Å². The molecule has 2 amide bonds. The molecule has 3 aromatic rings. The molecule has 2 fully saturated rings. The van der Waals surface area contributed by atoms with Crippen molar-refractivity contribution in [3.8, 4) is 0 Å². The summed E-state index contributed by atoms with van der Waals surface area (Å²) >= 11 is 0. The number of nitrogens with two attached hydrogens (primary N) is 1. The summed E-state index contributed by atoms with van der Waals surface area (Å²) in [6, 6.07) is 16.7. The third-order valence-corrected chi connectivity index (χ3v) is 6.63. The van der Waals surface area contributed by atoms with Crippen LogP contribution >= 0.6 is 0 Å². The summed E-state index contributed by atoms with van der Waals surface area (Å²) in [7, 11) is 0. The van der Waals surface area contributed by atoms with E-state index in [1.54, 1.807) is 42.6 Å². The number of carbonyl (C=O) groups excluding carboxylic acids is 2. The second-order valence-corrected chi connectivity index (χ2v) is 9.59. The van der Waals surface area contributed by atoms with Gasteiger partial charge in [0, 0.05) is 42.0 Å². The summed E-state index contributed by atoms with van der Waals surface area (Å²) in [5.74, 6) is 1.12. The zero-order chi connectivity index (χ0) is 24.9. The van der Waals surface area contributed by atoms with E-state index in [9.17, 15) is 9.59 Å². The minimum absolute atomic E-state index is 0.168. The number of anilines is 2. The molecule has 36 heavy (non-hydrogen) atoms. The fraction of sp³-hybridized carbons (Fsp3) is 0.321. The van der Waals surface area contributed by atoms with Gasteiger partial charge in [-0.25, -0.2) is 4.79 Å². The summed E-state index contributed by atoms with van der Waals surface area (Å²) in [6.07, 6.45) is 6.99. The minimum atomic E-state index is -0.503. The number of amides is 2. The quantitative estimate of drug-likeness (QED) is 0.320. The van der Waals surface area contributed by atoms with Crippen molar-refractivity contribution in [2.24, 2.45) is 5.92 Å². The van der Waals surface area contributed by atoms with Gasteiger partial charge in [0.05, 0.1) is 11.4 Å². The fourth-order valence-electron chi connectivity index (χ4n) is 4.17. The monoisotopic (exact) mass is 485 g/mol. The van der Waals surface area contributed by atoms with Crippen LogP contribution in [0.25, 0.3) is 0 Å². The van der Waals surface area contributed by atoms with E-state index in [1.807, 2.05) is 18.3 Å². The van der Waals surface area contributed by atoms with Gasteiger partial charge in [0.15, 0.2) is 0 Å². The summed E-state index contributed by atoms with van der Waals surface area (Å²) in [6.45, 7) is 1.58. The van der Waals surface area contributed by atoms with Crippen molar-refractivity contribution in [3.63, 3.8) is 0 Å². The Kier molecular flexibility index (Phi) is 7.13. The Balaban J connectivity index is 1.05. The molecule has 2 aromatic carbocycles. The van der Waals surface area contributed by atoms with E-state index in [4.69, 9.17) is 10.5 Å². The lowest BCUT2D eigenvalue weighted by molar-refractivity contribution is 0.102. The predicted molar refractivity (Wildman–Crippen MR) is 138 cm³/mol. The number of rotatable bonds is 10. The van der Waals surface area contributed by atoms with Crippen LogP contribution in [0, 0.1) is 5.92 Å². The lowest BCUT2D eigenvalue weighted by atomic mass is 10.1. The van der Waals surface area contributed by atoms with Gasteiger partial charge >= 0.3 is 6.09 Å². The van der Waals surface area contributed by atoms with Crippen molar-refractivity contribution in [1.82, 2.24) is 15.6 Å². The van der Waals surface area contributed by atoms with E-state index < -0.39 is 6.09 Å². The Morgan fingerprint density at radius 2 is 1.83 bits per heavy atom. The summed E-state index contributed by atoms with van der Waals surface area (Å²) < 4.78 is 5.38. The molecule has 1 unspecified atom stereocenters. The Morgan fingerprint density at radius 1 is 1.03 bits per heavy atom. The third-order valence-electron chi connectivity index (χ3n) is 6.63. The zero-order valence-corrected chi connectivity index (χ0v) is 20.1. The van der Waals surface area contributed by atoms with Gasteiger partial charge in [0.25, 0.3) is 5.91 Å². The molecule has 186 valence electrons. The Morgan fingerprint density at radius 3 is 2.61 bits per heavy atom. The molecule has 2 saturated carbocycles. The van der Waals surface area contributed by atoms with E-state index in [0.29, 0.717) is 35.4 Å². The van der Waals surface area contributed by atoms with Crippen LogP contribution in [0.3, 0.4) is 0 Å². The first-order valence-electron chi connectivity index (χ1n) is 12.4. The number of ether oxygens (including phenoxy) is 1. The molecule has 0 aliphatic heterocycles. The standard InChI is InChI=1S/C28H31N5O3/c29-24-3-1-2-4-25(24)33-27(34)21-9-7-19(8-10-21)15-32-28(35)36-17-20-11-22(16-30-13-20)23-12-26(23)31-14-18-5-6-18/h1-4,7-11,13,16,18,23,26,31H,5-6,12,14-15,17,29H2,(H,32,35)(H,33,34)/t23-,26?/m1/s1. The molecular formula is C28H31N5O3. The molecule has 5 rings (SSSR count). The largest absolute Gasteiger partial charge is 0.445 e. The first kappa shape index (κ1) is 23.8. The molecule has 1 heterocycles. The van der Waals surface area contributed by atoms with E-state index in [2.05, 4.69) is 27.0 Å². The smallest absolute Gasteiger partial charge is 0.407 e. The average molecular weight is 486 g/mol. The first-order chi connectivity index (χ1) is 17.5. The number of aromatic nitrogens is 1. The van der Waals surface area contributed by atoms with Gasteiger partial charge in [-0.05, 0) is 73.2 Å². The van der Waals surface area contributed by atoms with Gasteiger partial charge in [-0.2, -0.15) is 0 Å². The van der Waals surface area contributed by atoms with E-state index in [-0.39, 0.29) is 12.5 Å². The molecular weight excluding hydrogens is 454 g/mol. The maximum atomic E-state index is 12.4. The first-order valence-corrected chi connectivity index (χ1v) is 12.4. The average Bonchev–Trinajstić information content (AvgIpc) is 3.82. The number of hydrogen-bond donors (Lipinski definition) is 4. The Hall–Kier alpha value is -3.91. The van der Waals surface area contributed by atoms with Crippen LogP contribution in [0.15, 0.2) is 67.0 Å². The lowest BCUT2D eigenvalue weighted by Gasteiger charge is -2.10. The van der Waals surface area contributed by atoms with Gasteiger partial charge in [0.2, 0.25) is 0 Å². The number of carbonyl (C=O) groups is 2. The number of alkyl carbamates (subject to hydrolysis) is 1. The highest BCUT2D eigenvalue weighted by Gasteiger charge is 2.39.